The molecule has 3 nitrogen and oxygen atoms in total. The van der Waals surface area contributed by atoms with E-state index in [0.29, 0.717) is 0 Å². The van der Waals surface area contributed by atoms with Crippen molar-refractivity contribution in [2.24, 2.45) is 0 Å². The smallest absolute Gasteiger partial charge is 0.392 e. The zero-order valence-corrected chi connectivity index (χ0v) is 12.6. The van der Waals surface area contributed by atoms with Crippen LogP contribution in [0.15, 0.2) is 28.7 Å². The van der Waals surface area contributed by atoms with Gasteiger partial charge in [0.05, 0.1) is 4.85 Å². The minimum Gasteiger partial charge on any atom is -0.392 e. The number of ether oxygens (including phenoxy) is 1. The highest BCUT2D eigenvalue weighted by molar-refractivity contribution is 9.10. The van der Waals surface area contributed by atoms with E-state index in [2.05, 4.69) is 26.8 Å². The van der Waals surface area contributed by atoms with Gasteiger partial charge in [-0.05, 0) is 45.4 Å². The Balaban J connectivity index is 2.71. The second kappa shape index (κ2) is 6.01. The number of hydrogen-bond donors (Lipinski definition) is 0. The van der Waals surface area contributed by atoms with E-state index in [0.717, 1.165) is 10.0 Å². The van der Waals surface area contributed by atoms with Crippen LogP contribution in [-0.2, 0) is 4.74 Å². The molecule has 0 fully saturated rings. The minimum atomic E-state index is -0.607. The molecule has 0 saturated carbocycles. The average Bonchev–Trinajstić information content (AvgIpc) is 2.23. The first-order chi connectivity index (χ1) is 8.28. The van der Waals surface area contributed by atoms with E-state index in [1.165, 1.54) is 0 Å². The molecular weight excluding hydrogens is 294 g/mol. The average molecular weight is 311 g/mol. The van der Waals surface area contributed by atoms with Crippen LogP contribution in [0.25, 0.3) is 4.85 Å². The van der Waals surface area contributed by atoms with E-state index in [-0.39, 0.29) is 5.92 Å². The predicted molar refractivity (Wildman–Crippen MR) is 76.0 cm³/mol. The summed E-state index contributed by atoms with van der Waals surface area (Å²) in [5, 5.41) is 0. The molecule has 0 spiro atoms. The Labute approximate surface area is 116 Å². The first-order valence-electron chi connectivity index (χ1n) is 5.72. The van der Waals surface area contributed by atoms with Crippen molar-refractivity contribution < 1.29 is 9.53 Å². The topological polar surface area (TPSA) is 30.7 Å². The number of benzene rings is 1. The maximum Gasteiger partial charge on any atom is 0.728 e. The molecule has 96 valence electrons. The maximum absolute atomic E-state index is 11.4. The van der Waals surface area contributed by atoms with Gasteiger partial charge in [-0.1, -0.05) is 28.1 Å². The zero-order valence-electron chi connectivity index (χ0n) is 11.0. The number of nitrogens with zero attached hydrogens (tertiary/aromatic N) is 1. The van der Waals surface area contributed by atoms with Gasteiger partial charge in [-0.2, -0.15) is 4.79 Å². The van der Waals surface area contributed by atoms with Crippen LogP contribution < -0.4 is 0 Å². The van der Waals surface area contributed by atoms with Gasteiger partial charge in [0, 0.05) is 4.47 Å². The van der Waals surface area contributed by atoms with Crippen LogP contribution in [0.3, 0.4) is 0 Å². The summed E-state index contributed by atoms with van der Waals surface area (Å²) in [5.74, 6) is -0.0602. The number of carbonyl (C=O) groups excluding carboxylic acids is 1. The number of halogens is 1. The lowest BCUT2D eigenvalue weighted by atomic mass is 10.0. The lowest BCUT2D eigenvalue weighted by Gasteiger charge is -2.12. The molecule has 0 aliphatic rings. The molecule has 0 radical (unpaired) electrons. The van der Waals surface area contributed by atoms with Crippen molar-refractivity contribution in [1.82, 2.24) is 0 Å². The van der Waals surface area contributed by atoms with Crippen molar-refractivity contribution in [3.05, 3.63) is 39.1 Å². The predicted octanol–water partition coefficient (Wildman–Crippen LogP) is 4.82. The van der Waals surface area contributed by atoms with Crippen LogP contribution >= 0.6 is 15.9 Å². The molecule has 4 heteroatoms. The second-order valence-corrected chi connectivity index (χ2v) is 5.91. The Morgan fingerprint density at radius 3 is 2.67 bits per heavy atom. The molecule has 1 rings (SSSR count). The van der Waals surface area contributed by atoms with Gasteiger partial charge < -0.3 is 4.74 Å². The van der Waals surface area contributed by atoms with E-state index in [1.54, 1.807) is 20.8 Å². The molecule has 1 atom stereocenters. The number of carbonyl (C=O) groups is 1. The summed E-state index contributed by atoms with van der Waals surface area (Å²) in [6.07, 6.45) is -0.607. The van der Waals surface area contributed by atoms with E-state index in [1.807, 2.05) is 31.2 Å². The SMILES string of the molecule is C[C@@H](C#[N+]C(=O)OC(C)(C)C)c1cccc(Br)c1. The van der Waals surface area contributed by atoms with Gasteiger partial charge in [0.1, 0.15) is 11.5 Å². The summed E-state index contributed by atoms with van der Waals surface area (Å²) in [6, 6.07) is 10.6. The summed E-state index contributed by atoms with van der Waals surface area (Å²) in [6.45, 7) is 7.34. The van der Waals surface area contributed by atoms with Crippen LogP contribution in [0.1, 0.15) is 39.2 Å². The second-order valence-electron chi connectivity index (χ2n) is 5.00. The zero-order chi connectivity index (χ0) is 13.8. The fraction of sp³-hybridized carbons (Fsp3) is 0.429. The highest BCUT2D eigenvalue weighted by Crippen LogP contribution is 2.19. The van der Waals surface area contributed by atoms with Gasteiger partial charge in [-0.3, -0.25) is 0 Å². The Kier molecular flexibility index (Phi) is 4.92. The number of amides is 1. The third-order valence-corrected chi connectivity index (χ3v) is 2.58. The summed E-state index contributed by atoms with van der Waals surface area (Å²) >= 11 is 3.40. The van der Waals surface area contributed by atoms with Crippen molar-refractivity contribution in [3.63, 3.8) is 0 Å². The third kappa shape index (κ3) is 5.33. The quantitative estimate of drug-likeness (QED) is 0.744. The molecule has 0 heterocycles. The van der Waals surface area contributed by atoms with Crippen LogP contribution in [-0.4, -0.2) is 11.7 Å². The molecule has 18 heavy (non-hydrogen) atoms. The molecule has 0 aliphatic carbocycles. The molecule has 1 aromatic carbocycles. The lowest BCUT2D eigenvalue weighted by Crippen LogP contribution is -2.21. The summed E-state index contributed by atoms with van der Waals surface area (Å²) in [7, 11) is 0. The molecule has 1 amide bonds. The molecule has 0 bridgehead atoms. The molecule has 0 aromatic heterocycles. The fourth-order valence-corrected chi connectivity index (χ4v) is 1.70. The summed E-state index contributed by atoms with van der Waals surface area (Å²) in [4.78, 5) is 15.1. The molecular formula is C14H17BrNO2+. The molecule has 0 aliphatic heterocycles. The Hall–Kier alpha value is -1.34. The Morgan fingerprint density at radius 1 is 1.44 bits per heavy atom. The first kappa shape index (κ1) is 14.7. The van der Waals surface area contributed by atoms with Crippen molar-refractivity contribution in [2.75, 3.05) is 0 Å². The maximum atomic E-state index is 11.4. The normalized spacial score (nSPS) is 12.3. The lowest BCUT2D eigenvalue weighted by molar-refractivity contribution is 0.0664. The fourth-order valence-electron chi connectivity index (χ4n) is 1.28. The number of rotatable bonds is 1. The van der Waals surface area contributed by atoms with Gasteiger partial charge in [-0.15, -0.1) is 0 Å². The standard InChI is InChI=1S/C14H17BrNO2/c1-10(11-6-5-7-12(15)8-11)9-16-13(17)18-14(2,3)4/h5-8,10H,1-4H3/q+1/t10-/m0/s1. The van der Waals surface area contributed by atoms with Crippen LogP contribution in [0.2, 0.25) is 0 Å². The molecule has 0 saturated heterocycles. The molecule has 1 aromatic rings. The summed E-state index contributed by atoms with van der Waals surface area (Å²) in [5.41, 5.74) is 0.512. The van der Waals surface area contributed by atoms with E-state index in [4.69, 9.17) is 4.74 Å². The van der Waals surface area contributed by atoms with E-state index < -0.39 is 11.7 Å². The van der Waals surface area contributed by atoms with Gasteiger partial charge >= 0.3 is 6.09 Å². The monoisotopic (exact) mass is 310 g/mol. The first-order valence-corrected chi connectivity index (χ1v) is 6.52. The molecule has 0 unspecified atom stereocenters. The van der Waals surface area contributed by atoms with E-state index in [9.17, 15) is 4.79 Å². The van der Waals surface area contributed by atoms with Gasteiger partial charge in [0.25, 0.3) is 6.07 Å². The van der Waals surface area contributed by atoms with Gasteiger partial charge in [0.15, 0.2) is 0 Å². The summed E-state index contributed by atoms with van der Waals surface area (Å²) < 4.78 is 6.06. The Morgan fingerprint density at radius 2 is 2.11 bits per heavy atom. The van der Waals surface area contributed by atoms with Gasteiger partial charge in [-0.25, -0.2) is 0 Å². The van der Waals surface area contributed by atoms with Crippen molar-refractivity contribution in [3.8, 4) is 6.07 Å². The minimum absolute atomic E-state index is 0.0602. The van der Waals surface area contributed by atoms with Crippen LogP contribution in [0.4, 0.5) is 4.79 Å². The molecule has 0 N–H and O–H groups in total. The Bertz CT molecular complexity index is 494. The van der Waals surface area contributed by atoms with Gasteiger partial charge in [0.2, 0.25) is 0 Å². The van der Waals surface area contributed by atoms with Crippen molar-refractivity contribution in [2.45, 2.75) is 39.2 Å². The largest absolute Gasteiger partial charge is 0.728 e. The van der Waals surface area contributed by atoms with Crippen molar-refractivity contribution >= 4 is 22.0 Å². The van der Waals surface area contributed by atoms with Crippen LogP contribution in [0.5, 0.6) is 0 Å². The third-order valence-electron chi connectivity index (χ3n) is 2.09. The highest BCUT2D eigenvalue weighted by atomic mass is 79.9. The van der Waals surface area contributed by atoms with Crippen molar-refractivity contribution in [1.29, 1.82) is 0 Å². The highest BCUT2D eigenvalue weighted by Gasteiger charge is 2.24. The number of hydrogen-bond acceptors (Lipinski definition) is 2. The van der Waals surface area contributed by atoms with Crippen LogP contribution in [0, 0.1) is 6.07 Å². The van der Waals surface area contributed by atoms with E-state index >= 15 is 0 Å².